The standard InChI is InChI=1S/C49H46FN/c1-35-23-26-39-18-8-10-20-42(39)46(35)49(33-37-16-6-4-7-17-37,34-38-24-28-41(50)29-25-38)36(2)15-14-22-45-48(31-12-5-13-32-48)47-43-21-11-9-19-40(43)27-30-44(47)51(45)3/h4,6-11,14-30H,2,5,12-13,31-34H2,1,3H3/b15-14+,45-22+. The van der Waals surface area contributed by atoms with Crippen LogP contribution in [0.2, 0.25) is 0 Å². The zero-order valence-electron chi connectivity index (χ0n) is 29.8. The first-order valence-electron chi connectivity index (χ1n) is 18.5. The molecule has 1 unspecified atom stereocenters. The van der Waals surface area contributed by atoms with Crippen LogP contribution in [-0.4, -0.2) is 7.05 Å². The molecule has 0 amide bonds. The van der Waals surface area contributed by atoms with E-state index >= 15 is 0 Å². The smallest absolute Gasteiger partial charge is 0.123 e. The van der Waals surface area contributed by atoms with E-state index in [0.717, 1.165) is 30.4 Å². The number of anilines is 1. The summed E-state index contributed by atoms with van der Waals surface area (Å²) in [5.41, 5.74) is 9.62. The molecule has 1 saturated carbocycles. The molecule has 2 heteroatoms. The largest absolute Gasteiger partial charge is 0.347 e. The van der Waals surface area contributed by atoms with Gasteiger partial charge in [-0.15, -0.1) is 0 Å². The Balaban J connectivity index is 1.29. The molecule has 1 fully saturated rings. The quantitative estimate of drug-likeness (QED) is 0.146. The topological polar surface area (TPSA) is 3.24 Å². The van der Waals surface area contributed by atoms with Gasteiger partial charge in [-0.3, -0.25) is 0 Å². The van der Waals surface area contributed by atoms with Crippen LogP contribution in [0.3, 0.4) is 0 Å². The van der Waals surface area contributed by atoms with Crippen LogP contribution < -0.4 is 4.90 Å². The Labute approximate surface area is 302 Å². The monoisotopic (exact) mass is 667 g/mol. The fourth-order valence-electron chi connectivity index (χ4n) is 9.51. The minimum Gasteiger partial charge on any atom is -0.347 e. The summed E-state index contributed by atoms with van der Waals surface area (Å²) in [6.07, 6.45) is 14.5. The molecule has 1 atom stereocenters. The van der Waals surface area contributed by atoms with Gasteiger partial charge in [-0.1, -0.05) is 147 Å². The number of hydrogen-bond donors (Lipinski definition) is 0. The van der Waals surface area contributed by atoms with Crippen molar-refractivity contribution >= 4 is 27.2 Å². The summed E-state index contributed by atoms with van der Waals surface area (Å²) in [4.78, 5) is 2.45. The highest BCUT2D eigenvalue weighted by molar-refractivity contribution is 5.95. The molecule has 0 N–H and O–H groups in total. The maximum Gasteiger partial charge on any atom is 0.123 e. The van der Waals surface area contributed by atoms with Gasteiger partial charge in [0.15, 0.2) is 0 Å². The number of allylic oxidation sites excluding steroid dienone is 5. The van der Waals surface area contributed by atoms with Gasteiger partial charge in [0, 0.05) is 29.3 Å². The molecule has 1 aliphatic carbocycles. The molecule has 0 aromatic heterocycles. The van der Waals surface area contributed by atoms with Crippen molar-refractivity contribution in [3.8, 4) is 0 Å². The molecule has 2 aliphatic rings. The molecule has 254 valence electrons. The average molecular weight is 668 g/mol. The third-order valence-electron chi connectivity index (χ3n) is 11.9. The van der Waals surface area contributed by atoms with Gasteiger partial charge in [-0.2, -0.15) is 0 Å². The summed E-state index contributed by atoms with van der Waals surface area (Å²) in [5, 5.41) is 5.15. The molecule has 1 spiro atoms. The van der Waals surface area contributed by atoms with E-state index in [9.17, 15) is 4.39 Å². The molecule has 6 aromatic carbocycles. The van der Waals surface area contributed by atoms with E-state index in [4.69, 9.17) is 6.58 Å². The average Bonchev–Trinajstić information content (AvgIpc) is 3.38. The number of rotatable bonds is 8. The van der Waals surface area contributed by atoms with Crippen LogP contribution in [0, 0.1) is 12.7 Å². The first-order valence-corrected chi connectivity index (χ1v) is 18.5. The van der Waals surface area contributed by atoms with Crippen LogP contribution in [-0.2, 0) is 23.7 Å². The Morgan fingerprint density at radius 3 is 2.06 bits per heavy atom. The highest BCUT2D eigenvalue weighted by atomic mass is 19.1. The van der Waals surface area contributed by atoms with Crippen molar-refractivity contribution in [1.29, 1.82) is 0 Å². The Hall–Kier alpha value is -5.21. The van der Waals surface area contributed by atoms with E-state index in [1.807, 2.05) is 12.1 Å². The van der Waals surface area contributed by atoms with Crippen molar-refractivity contribution in [3.05, 3.63) is 197 Å². The fraction of sp³-hybridized carbons (Fsp3) is 0.224. The molecule has 1 heterocycles. The molecule has 0 bridgehead atoms. The maximum absolute atomic E-state index is 14.3. The lowest BCUT2D eigenvalue weighted by molar-refractivity contribution is 0.348. The lowest BCUT2D eigenvalue weighted by Gasteiger charge is -2.38. The van der Waals surface area contributed by atoms with Crippen molar-refractivity contribution in [2.75, 3.05) is 11.9 Å². The van der Waals surface area contributed by atoms with Gasteiger partial charge < -0.3 is 4.90 Å². The van der Waals surface area contributed by atoms with E-state index in [2.05, 4.69) is 140 Å². The van der Waals surface area contributed by atoms with Crippen molar-refractivity contribution in [2.45, 2.75) is 62.7 Å². The number of aryl methyl sites for hydroxylation is 1. The second-order valence-corrected chi connectivity index (χ2v) is 14.8. The van der Waals surface area contributed by atoms with Crippen molar-refractivity contribution in [2.24, 2.45) is 0 Å². The summed E-state index contributed by atoms with van der Waals surface area (Å²) < 4.78 is 14.3. The first kappa shape index (κ1) is 33.0. The Bertz CT molecular complexity index is 2290. The second kappa shape index (κ2) is 13.5. The van der Waals surface area contributed by atoms with Gasteiger partial charge in [-0.25, -0.2) is 4.39 Å². The highest BCUT2D eigenvalue weighted by Crippen LogP contribution is 2.57. The zero-order valence-corrected chi connectivity index (χ0v) is 29.8. The van der Waals surface area contributed by atoms with E-state index < -0.39 is 5.41 Å². The van der Waals surface area contributed by atoms with Crippen LogP contribution in [0.15, 0.2) is 163 Å². The summed E-state index contributed by atoms with van der Waals surface area (Å²) in [5.74, 6) is -0.217. The zero-order chi connectivity index (χ0) is 35.0. The number of halogens is 1. The molecule has 1 aliphatic heterocycles. The normalized spacial score (nSPS) is 17.4. The predicted molar refractivity (Wildman–Crippen MR) is 214 cm³/mol. The van der Waals surface area contributed by atoms with E-state index in [0.29, 0.717) is 6.42 Å². The summed E-state index contributed by atoms with van der Waals surface area (Å²) >= 11 is 0. The number of nitrogens with zero attached hydrogens (tertiary/aromatic N) is 1. The Morgan fingerprint density at radius 1 is 0.725 bits per heavy atom. The molecule has 8 rings (SSSR count). The van der Waals surface area contributed by atoms with Crippen molar-refractivity contribution in [1.82, 2.24) is 0 Å². The van der Waals surface area contributed by atoms with Gasteiger partial charge >= 0.3 is 0 Å². The molecule has 51 heavy (non-hydrogen) atoms. The van der Waals surface area contributed by atoms with Crippen molar-refractivity contribution < 1.29 is 4.39 Å². The SMILES string of the molecule is C=C(/C=C/C=C1/N(C)c2ccc3ccccc3c2C12CCCCC2)C(Cc1ccccc1)(Cc1ccc(F)cc1)c1c(C)ccc2ccccc12. The van der Waals surface area contributed by atoms with Gasteiger partial charge in [0.1, 0.15) is 5.82 Å². The third-order valence-corrected chi connectivity index (χ3v) is 11.9. The van der Waals surface area contributed by atoms with Crippen molar-refractivity contribution in [3.63, 3.8) is 0 Å². The first-order chi connectivity index (χ1) is 24.9. The van der Waals surface area contributed by atoms with Crippen LogP contribution in [0.4, 0.5) is 10.1 Å². The molecule has 0 radical (unpaired) electrons. The molecule has 1 nitrogen and oxygen atoms in total. The summed E-state index contributed by atoms with van der Waals surface area (Å²) in [6, 6.07) is 44.5. The third kappa shape index (κ3) is 5.81. The van der Waals surface area contributed by atoms with Gasteiger partial charge in [0.05, 0.1) is 0 Å². The molecular weight excluding hydrogens is 622 g/mol. The highest BCUT2D eigenvalue weighted by Gasteiger charge is 2.47. The Morgan fingerprint density at radius 2 is 1.33 bits per heavy atom. The van der Waals surface area contributed by atoms with E-state index in [1.54, 1.807) is 12.1 Å². The summed E-state index contributed by atoms with van der Waals surface area (Å²) in [7, 11) is 2.25. The number of benzene rings is 6. The molecule has 6 aromatic rings. The minimum absolute atomic E-state index is 0.00364. The second-order valence-electron chi connectivity index (χ2n) is 14.8. The molecular formula is C49H46FN. The lowest BCUT2D eigenvalue weighted by atomic mass is 9.64. The lowest BCUT2D eigenvalue weighted by Crippen LogP contribution is -2.34. The van der Waals surface area contributed by atoms with E-state index in [1.165, 1.54) is 74.4 Å². The van der Waals surface area contributed by atoms with Gasteiger partial charge in [0.2, 0.25) is 0 Å². The molecule has 0 saturated heterocycles. The van der Waals surface area contributed by atoms with Gasteiger partial charge in [-0.05, 0) is 112 Å². The van der Waals surface area contributed by atoms with Crippen LogP contribution >= 0.6 is 0 Å². The maximum atomic E-state index is 14.3. The fourth-order valence-corrected chi connectivity index (χ4v) is 9.51. The Kier molecular flexibility index (Phi) is 8.72. The summed E-state index contributed by atoms with van der Waals surface area (Å²) in [6.45, 7) is 7.15. The number of likely N-dealkylation sites (N-methyl/N-ethyl adjacent to an activating group) is 1. The van der Waals surface area contributed by atoms with E-state index in [-0.39, 0.29) is 11.2 Å². The number of fused-ring (bicyclic) bond motifs is 5. The minimum atomic E-state index is -0.498. The van der Waals surface area contributed by atoms with Gasteiger partial charge in [0.25, 0.3) is 0 Å². The van der Waals surface area contributed by atoms with Crippen LogP contribution in [0.1, 0.15) is 59.9 Å². The van der Waals surface area contributed by atoms with Crippen LogP contribution in [0.5, 0.6) is 0 Å². The number of hydrogen-bond acceptors (Lipinski definition) is 1. The predicted octanol–water partition coefficient (Wildman–Crippen LogP) is 12.5. The van der Waals surface area contributed by atoms with Crippen LogP contribution in [0.25, 0.3) is 21.5 Å².